The minimum atomic E-state index is -3.68. The summed E-state index contributed by atoms with van der Waals surface area (Å²) in [5, 5.41) is 2.61. The zero-order chi connectivity index (χ0) is 15.6. The van der Waals surface area contributed by atoms with E-state index in [0.29, 0.717) is 6.54 Å². The van der Waals surface area contributed by atoms with Gasteiger partial charge in [0.2, 0.25) is 0 Å². The fourth-order valence-corrected chi connectivity index (χ4v) is 3.70. The summed E-state index contributed by atoms with van der Waals surface area (Å²) < 4.78 is 22.1. The van der Waals surface area contributed by atoms with E-state index >= 15 is 0 Å². The van der Waals surface area contributed by atoms with E-state index < -0.39 is 13.2 Å². The van der Waals surface area contributed by atoms with Crippen molar-refractivity contribution in [3.63, 3.8) is 0 Å². The monoisotopic (exact) mass is 331 g/mol. The van der Waals surface area contributed by atoms with Gasteiger partial charge in [-0.1, -0.05) is 30.3 Å². The quantitative estimate of drug-likeness (QED) is 0.520. The molecule has 0 bridgehead atoms. The molecular weight excluding hydrogens is 309 g/mol. The third-order valence-corrected chi connectivity index (χ3v) is 5.36. The summed E-state index contributed by atoms with van der Waals surface area (Å²) in [7, 11) is -3.68. The van der Waals surface area contributed by atoms with Crippen LogP contribution in [0.3, 0.4) is 0 Å². The highest BCUT2D eigenvalue weighted by Gasteiger charge is 2.33. The Labute approximate surface area is 130 Å². The topological polar surface area (TPSA) is 64.6 Å². The Bertz CT molecular complexity index is 459. The number of thioether (sulfide) groups is 1. The van der Waals surface area contributed by atoms with Crippen LogP contribution in [0.2, 0.25) is 0 Å². The van der Waals surface area contributed by atoms with E-state index in [1.165, 1.54) is 5.56 Å². The SMILES string of the molecule is CCOP(=O)(OCC)C(=O)NCCSCc1ccccc1. The molecule has 0 heterocycles. The molecule has 0 aliphatic carbocycles. The highest BCUT2D eigenvalue weighted by molar-refractivity contribution is 7.98. The van der Waals surface area contributed by atoms with Gasteiger partial charge < -0.3 is 14.4 Å². The molecule has 1 aromatic carbocycles. The van der Waals surface area contributed by atoms with Crippen LogP contribution in [0.1, 0.15) is 19.4 Å². The molecule has 21 heavy (non-hydrogen) atoms. The molecule has 0 atom stereocenters. The molecule has 1 amide bonds. The van der Waals surface area contributed by atoms with E-state index in [4.69, 9.17) is 9.05 Å². The van der Waals surface area contributed by atoms with Gasteiger partial charge in [-0.3, -0.25) is 4.79 Å². The summed E-state index contributed by atoms with van der Waals surface area (Å²) in [6.45, 7) is 4.13. The number of rotatable bonds is 10. The van der Waals surface area contributed by atoms with Crippen LogP contribution in [0.25, 0.3) is 0 Å². The second-order valence-electron chi connectivity index (χ2n) is 4.10. The predicted octanol–water partition coefficient (Wildman–Crippen LogP) is 3.90. The van der Waals surface area contributed by atoms with E-state index in [0.717, 1.165) is 11.5 Å². The molecule has 0 spiro atoms. The maximum atomic E-state index is 12.1. The zero-order valence-corrected chi connectivity index (χ0v) is 14.1. The van der Waals surface area contributed by atoms with Gasteiger partial charge in [0.1, 0.15) is 0 Å². The number of carbonyl (C=O) groups excluding carboxylic acids is 1. The van der Waals surface area contributed by atoms with Crippen LogP contribution in [-0.4, -0.2) is 31.2 Å². The second-order valence-corrected chi connectivity index (χ2v) is 7.13. The van der Waals surface area contributed by atoms with E-state index in [1.807, 2.05) is 18.2 Å². The normalized spacial score (nSPS) is 11.3. The first kappa shape index (κ1) is 18.2. The molecule has 0 saturated heterocycles. The van der Waals surface area contributed by atoms with E-state index in [2.05, 4.69) is 17.4 Å². The lowest BCUT2D eigenvalue weighted by Gasteiger charge is -2.15. The molecule has 0 radical (unpaired) electrons. The highest BCUT2D eigenvalue weighted by atomic mass is 32.2. The third-order valence-electron chi connectivity index (χ3n) is 2.48. The average molecular weight is 331 g/mol. The van der Waals surface area contributed by atoms with Crippen LogP contribution in [0.5, 0.6) is 0 Å². The third kappa shape index (κ3) is 6.66. The lowest BCUT2D eigenvalue weighted by atomic mass is 10.2. The maximum Gasteiger partial charge on any atom is 0.418 e. The first-order chi connectivity index (χ1) is 10.1. The fourth-order valence-electron chi connectivity index (χ4n) is 1.59. The van der Waals surface area contributed by atoms with Crippen molar-refractivity contribution in [2.24, 2.45) is 0 Å². The lowest BCUT2D eigenvalue weighted by Crippen LogP contribution is -2.26. The minimum Gasteiger partial charge on any atom is -0.345 e. The Morgan fingerprint density at radius 2 is 1.81 bits per heavy atom. The Kier molecular flexibility index (Phi) is 8.69. The zero-order valence-electron chi connectivity index (χ0n) is 12.4. The van der Waals surface area contributed by atoms with E-state index in [9.17, 15) is 9.36 Å². The first-order valence-electron chi connectivity index (χ1n) is 6.91. The van der Waals surface area contributed by atoms with Crippen molar-refractivity contribution in [3.05, 3.63) is 35.9 Å². The number of nitrogens with one attached hydrogen (secondary N) is 1. The summed E-state index contributed by atoms with van der Waals surface area (Å²) in [6, 6.07) is 10.1. The largest absolute Gasteiger partial charge is 0.418 e. The smallest absolute Gasteiger partial charge is 0.345 e. The lowest BCUT2D eigenvalue weighted by molar-refractivity contribution is 0.207. The predicted molar refractivity (Wildman–Crippen MR) is 86.9 cm³/mol. The molecule has 0 saturated carbocycles. The maximum absolute atomic E-state index is 12.1. The van der Waals surface area contributed by atoms with Crippen molar-refractivity contribution >= 4 is 25.0 Å². The Morgan fingerprint density at radius 3 is 2.38 bits per heavy atom. The Balaban J connectivity index is 2.27. The number of hydrogen-bond acceptors (Lipinski definition) is 5. The molecule has 5 nitrogen and oxygen atoms in total. The first-order valence-corrected chi connectivity index (χ1v) is 9.61. The van der Waals surface area contributed by atoms with Crippen LogP contribution in [0.4, 0.5) is 4.79 Å². The molecule has 1 N–H and O–H groups in total. The molecule has 0 aromatic heterocycles. The second kappa shape index (κ2) is 10.0. The number of amides is 1. The van der Waals surface area contributed by atoms with Crippen molar-refractivity contribution < 1.29 is 18.4 Å². The van der Waals surface area contributed by atoms with Gasteiger partial charge in [0, 0.05) is 18.1 Å². The molecule has 0 aliphatic rings. The summed E-state index contributed by atoms with van der Waals surface area (Å²) in [5.41, 5.74) is 0.578. The Morgan fingerprint density at radius 1 is 1.19 bits per heavy atom. The van der Waals surface area contributed by atoms with Gasteiger partial charge in [0.25, 0.3) is 0 Å². The molecule has 0 fully saturated rings. The highest BCUT2D eigenvalue weighted by Crippen LogP contribution is 2.48. The summed E-state index contributed by atoms with van der Waals surface area (Å²) in [5.74, 6) is 1.62. The molecule has 1 aromatic rings. The fraction of sp³-hybridized carbons (Fsp3) is 0.500. The van der Waals surface area contributed by atoms with Crippen molar-refractivity contribution in [1.82, 2.24) is 5.32 Å². The molecule has 0 unspecified atom stereocenters. The van der Waals surface area contributed by atoms with Gasteiger partial charge in [-0.25, -0.2) is 4.57 Å². The molecule has 7 heteroatoms. The standard InChI is InChI=1S/C14H22NO4PS/c1-3-18-20(17,19-4-2)14(16)15-10-11-21-12-13-8-6-5-7-9-13/h5-9H,3-4,10-12H2,1-2H3,(H,15,16). The Hall–Kier alpha value is -0.810. The molecule has 1 rings (SSSR count). The van der Waals surface area contributed by atoms with Gasteiger partial charge in [0.05, 0.1) is 13.2 Å². The molecular formula is C14H22NO4PS. The number of benzene rings is 1. The van der Waals surface area contributed by atoms with Gasteiger partial charge in [-0.15, -0.1) is 0 Å². The average Bonchev–Trinajstić information content (AvgIpc) is 2.48. The molecule has 0 aliphatic heterocycles. The number of carbonyl (C=O) groups is 1. The van der Waals surface area contributed by atoms with Crippen molar-refractivity contribution in [2.75, 3.05) is 25.5 Å². The van der Waals surface area contributed by atoms with Crippen molar-refractivity contribution in [1.29, 1.82) is 0 Å². The van der Waals surface area contributed by atoms with E-state index in [1.54, 1.807) is 25.6 Å². The summed E-state index contributed by atoms with van der Waals surface area (Å²) >= 11 is 1.70. The van der Waals surface area contributed by atoms with Crippen LogP contribution in [-0.2, 0) is 19.4 Å². The van der Waals surface area contributed by atoms with E-state index in [-0.39, 0.29) is 13.2 Å². The van der Waals surface area contributed by atoms with Crippen molar-refractivity contribution in [3.8, 4) is 0 Å². The molecule has 118 valence electrons. The van der Waals surface area contributed by atoms with Crippen LogP contribution < -0.4 is 5.32 Å². The van der Waals surface area contributed by atoms with Crippen LogP contribution >= 0.6 is 19.4 Å². The summed E-state index contributed by atoms with van der Waals surface area (Å²) in [4.78, 5) is 11.8. The van der Waals surface area contributed by atoms with Crippen molar-refractivity contribution in [2.45, 2.75) is 19.6 Å². The van der Waals surface area contributed by atoms with Gasteiger partial charge >= 0.3 is 13.2 Å². The van der Waals surface area contributed by atoms with Gasteiger partial charge in [-0.05, 0) is 19.4 Å². The van der Waals surface area contributed by atoms with Crippen LogP contribution in [0.15, 0.2) is 30.3 Å². The minimum absolute atomic E-state index is 0.174. The van der Waals surface area contributed by atoms with Crippen LogP contribution in [0, 0.1) is 0 Å². The van der Waals surface area contributed by atoms with Gasteiger partial charge in [0.15, 0.2) is 0 Å². The van der Waals surface area contributed by atoms with Gasteiger partial charge in [-0.2, -0.15) is 11.8 Å². The summed E-state index contributed by atoms with van der Waals surface area (Å²) in [6.07, 6.45) is 0. The number of hydrogen-bond donors (Lipinski definition) is 1.